The molecule has 0 N–H and O–H groups in total. The van der Waals surface area contributed by atoms with Crippen molar-refractivity contribution >= 4 is 21.6 Å². The van der Waals surface area contributed by atoms with E-state index < -0.39 is 10.0 Å². The van der Waals surface area contributed by atoms with E-state index >= 15 is 0 Å². The van der Waals surface area contributed by atoms with Gasteiger partial charge in [0, 0.05) is 50.5 Å². The third-order valence-corrected chi connectivity index (χ3v) is 8.48. The van der Waals surface area contributed by atoms with Crippen molar-refractivity contribution in [3.63, 3.8) is 0 Å². The molecule has 0 aliphatic carbocycles. The molecule has 0 aromatic heterocycles. The summed E-state index contributed by atoms with van der Waals surface area (Å²) in [5.41, 5.74) is 2.24. The van der Waals surface area contributed by atoms with Crippen LogP contribution in [-0.2, 0) is 21.2 Å². The number of hydrogen-bond acceptors (Lipinski definition) is 6. The third-order valence-electron chi connectivity index (χ3n) is 6.50. The predicted molar refractivity (Wildman–Crippen MR) is 131 cm³/mol. The van der Waals surface area contributed by atoms with Gasteiger partial charge in [-0.15, -0.1) is 0 Å². The molecule has 2 saturated heterocycles. The highest BCUT2D eigenvalue weighted by molar-refractivity contribution is 7.89. The van der Waals surface area contributed by atoms with E-state index in [1.807, 2.05) is 36.1 Å². The molecule has 0 atom stereocenters. The zero-order chi connectivity index (χ0) is 24.1. The molecule has 0 spiro atoms. The molecular formula is C25H33N3O5S. The first kappa shape index (κ1) is 24.5. The Bertz CT molecular complexity index is 1100. The molecule has 4 rings (SSSR count). The number of aryl methyl sites for hydroxylation is 1. The summed E-state index contributed by atoms with van der Waals surface area (Å²) in [6, 6.07) is 13.0. The lowest BCUT2D eigenvalue weighted by Crippen LogP contribution is -2.41. The van der Waals surface area contributed by atoms with Crippen LogP contribution in [0.3, 0.4) is 0 Å². The number of hydrogen-bond donors (Lipinski definition) is 0. The molecule has 2 aromatic carbocycles. The minimum Gasteiger partial charge on any atom is -0.497 e. The summed E-state index contributed by atoms with van der Waals surface area (Å²) in [6.07, 6.45) is 1.41. The minimum atomic E-state index is -3.69. The molecule has 2 aromatic rings. The quantitative estimate of drug-likeness (QED) is 0.623. The molecule has 184 valence electrons. The predicted octanol–water partition coefficient (Wildman–Crippen LogP) is 2.63. The Balaban J connectivity index is 1.51. The maximum Gasteiger partial charge on any atom is 0.253 e. The first-order chi connectivity index (χ1) is 16.4. The third kappa shape index (κ3) is 5.21. The zero-order valence-electron chi connectivity index (χ0n) is 19.9. The molecule has 0 unspecified atom stereocenters. The molecule has 0 radical (unpaired) electrons. The molecule has 2 aliphatic heterocycles. The van der Waals surface area contributed by atoms with Crippen LogP contribution in [-0.4, -0.2) is 83.1 Å². The van der Waals surface area contributed by atoms with Gasteiger partial charge in [0.2, 0.25) is 10.0 Å². The van der Waals surface area contributed by atoms with Gasteiger partial charge >= 0.3 is 0 Å². The topological polar surface area (TPSA) is 79.4 Å². The Labute approximate surface area is 202 Å². The van der Waals surface area contributed by atoms with E-state index in [0.717, 1.165) is 30.0 Å². The summed E-state index contributed by atoms with van der Waals surface area (Å²) in [6.45, 7) is 6.13. The van der Waals surface area contributed by atoms with E-state index in [2.05, 4.69) is 4.90 Å². The van der Waals surface area contributed by atoms with Gasteiger partial charge in [0.05, 0.1) is 25.2 Å². The maximum absolute atomic E-state index is 13.4. The highest BCUT2D eigenvalue weighted by atomic mass is 32.2. The summed E-state index contributed by atoms with van der Waals surface area (Å²) in [5, 5.41) is 0. The second kappa shape index (κ2) is 10.8. The summed E-state index contributed by atoms with van der Waals surface area (Å²) in [5.74, 6) is 0.686. The molecular weight excluding hydrogens is 454 g/mol. The molecule has 1 amide bonds. The van der Waals surface area contributed by atoms with Crippen LogP contribution in [0.2, 0.25) is 0 Å². The van der Waals surface area contributed by atoms with Crippen LogP contribution in [0.1, 0.15) is 29.3 Å². The van der Waals surface area contributed by atoms with Crippen molar-refractivity contribution in [3.8, 4) is 5.75 Å². The van der Waals surface area contributed by atoms with Gasteiger partial charge in [0.1, 0.15) is 5.75 Å². The zero-order valence-corrected chi connectivity index (χ0v) is 20.7. The van der Waals surface area contributed by atoms with Gasteiger partial charge in [-0.1, -0.05) is 13.0 Å². The number of morpholine rings is 1. The summed E-state index contributed by atoms with van der Waals surface area (Å²) >= 11 is 0. The first-order valence-electron chi connectivity index (χ1n) is 11.8. The highest BCUT2D eigenvalue weighted by Crippen LogP contribution is 2.25. The van der Waals surface area contributed by atoms with E-state index in [1.54, 1.807) is 25.3 Å². The van der Waals surface area contributed by atoms with Crippen LogP contribution >= 0.6 is 0 Å². The smallest absolute Gasteiger partial charge is 0.253 e. The molecule has 2 heterocycles. The van der Waals surface area contributed by atoms with Gasteiger partial charge in [-0.3, -0.25) is 4.79 Å². The lowest BCUT2D eigenvalue weighted by molar-refractivity contribution is 0.0729. The van der Waals surface area contributed by atoms with Crippen molar-refractivity contribution in [2.24, 2.45) is 0 Å². The van der Waals surface area contributed by atoms with Gasteiger partial charge in [0.15, 0.2) is 0 Å². The molecule has 0 saturated carbocycles. The Morgan fingerprint density at radius 1 is 0.971 bits per heavy atom. The van der Waals surface area contributed by atoms with Crippen molar-refractivity contribution in [3.05, 3.63) is 53.6 Å². The number of carbonyl (C=O) groups is 1. The second-order valence-electron chi connectivity index (χ2n) is 8.52. The van der Waals surface area contributed by atoms with E-state index in [4.69, 9.17) is 9.47 Å². The Morgan fingerprint density at radius 3 is 2.38 bits per heavy atom. The highest BCUT2D eigenvalue weighted by Gasteiger charge is 2.30. The Morgan fingerprint density at radius 2 is 1.71 bits per heavy atom. The molecule has 2 aliphatic rings. The fraction of sp³-hybridized carbons (Fsp3) is 0.480. The number of carbonyl (C=O) groups excluding carboxylic acids is 1. The Kier molecular flexibility index (Phi) is 7.75. The average Bonchev–Trinajstić information content (AvgIpc) is 3.15. The first-order valence-corrected chi connectivity index (χ1v) is 13.3. The van der Waals surface area contributed by atoms with Gasteiger partial charge < -0.3 is 19.3 Å². The van der Waals surface area contributed by atoms with Crippen molar-refractivity contribution in [2.45, 2.75) is 24.7 Å². The van der Waals surface area contributed by atoms with Crippen molar-refractivity contribution in [1.29, 1.82) is 0 Å². The van der Waals surface area contributed by atoms with Crippen LogP contribution in [0.15, 0.2) is 47.4 Å². The fourth-order valence-corrected chi connectivity index (χ4v) is 6.23. The molecule has 0 bridgehead atoms. The number of anilines is 1. The van der Waals surface area contributed by atoms with E-state index in [9.17, 15) is 13.2 Å². The average molecular weight is 488 g/mol. The second-order valence-corrected chi connectivity index (χ2v) is 10.4. The van der Waals surface area contributed by atoms with Gasteiger partial charge in [-0.25, -0.2) is 8.42 Å². The van der Waals surface area contributed by atoms with Crippen LogP contribution in [0.4, 0.5) is 5.69 Å². The molecule has 9 heteroatoms. The number of nitrogens with zero attached hydrogens (tertiary/aromatic N) is 3. The maximum atomic E-state index is 13.4. The van der Waals surface area contributed by atoms with Crippen molar-refractivity contribution < 1.29 is 22.7 Å². The Hall–Kier alpha value is -2.62. The van der Waals surface area contributed by atoms with Crippen molar-refractivity contribution in [1.82, 2.24) is 9.21 Å². The standard InChI is InChI=1S/C25H33N3O5S/c1-3-20-5-6-21(19-24(20)34(30,31)28-15-17-33-18-16-28)25(29)27-12-4-11-26(13-14-27)22-7-9-23(32-2)10-8-22/h5-10,19H,3-4,11-18H2,1-2H3. The minimum absolute atomic E-state index is 0.127. The SMILES string of the molecule is CCc1ccc(C(=O)N2CCCN(c3ccc(OC)cc3)CC2)cc1S(=O)(=O)N1CCOCC1. The molecule has 34 heavy (non-hydrogen) atoms. The van der Waals surface area contributed by atoms with Crippen LogP contribution < -0.4 is 9.64 Å². The molecule has 2 fully saturated rings. The number of benzene rings is 2. The van der Waals surface area contributed by atoms with Crippen molar-refractivity contribution in [2.75, 3.05) is 64.5 Å². The van der Waals surface area contributed by atoms with Gasteiger partial charge in [-0.2, -0.15) is 4.31 Å². The largest absolute Gasteiger partial charge is 0.497 e. The lowest BCUT2D eigenvalue weighted by atomic mass is 10.1. The normalized spacial score (nSPS) is 17.9. The number of sulfonamides is 1. The monoisotopic (exact) mass is 487 g/mol. The van der Waals surface area contributed by atoms with Gasteiger partial charge in [0.25, 0.3) is 5.91 Å². The number of ether oxygens (including phenoxy) is 2. The molecule has 8 nitrogen and oxygen atoms in total. The summed E-state index contributed by atoms with van der Waals surface area (Å²) in [7, 11) is -2.04. The van der Waals surface area contributed by atoms with Crippen LogP contribution in [0.5, 0.6) is 5.75 Å². The van der Waals surface area contributed by atoms with E-state index in [-0.39, 0.29) is 10.8 Å². The number of rotatable bonds is 6. The van der Waals surface area contributed by atoms with E-state index in [1.165, 1.54) is 4.31 Å². The van der Waals surface area contributed by atoms with E-state index in [0.29, 0.717) is 57.9 Å². The number of methoxy groups -OCH3 is 1. The lowest BCUT2D eigenvalue weighted by Gasteiger charge is -2.27. The fourth-order valence-electron chi connectivity index (χ4n) is 4.50. The summed E-state index contributed by atoms with van der Waals surface area (Å²) < 4.78 is 38.7. The number of amides is 1. The van der Waals surface area contributed by atoms with Gasteiger partial charge in [-0.05, 0) is 54.8 Å². The van der Waals surface area contributed by atoms with Crippen LogP contribution in [0.25, 0.3) is 0 Å². The summed E-state index contributed by atoms with van der Waals surface area (Å²) in [4.78, 5) is 17.7. The van der Waals surface area contributed by atoms with Crippen LogP contribution in [0, 0.1) is 0 Å².